The third-order valence-corrected chi connectivity index (χ3v) is 2.65. The molecule has 0 aromatic heterocycles. The van der Waals surface area contributed by atoms with Crippen molar-refractivity contribution in [3.63, 3.8) is 0 Å². The van der Waals surface area contributed by atoms with E-state index >= 15 is 0 Å². The van der Waals surface area contributed by atoms with E-state index in [9.17, 15) is 13.2 Å². The fraction of sp³-hybridized carbons (Fsp3) is 0.538. The first kappa shape index (κ1) is 13.1. The van der Waals surface area contributed by atoms with Gasteiger partial charge in [-0.05, 0) is 30.0 Å². The summed E-state index contributed by atoms with van der Waals surface area (Å²) in [6.45, 7) is 4.24. The first-order valence-electron chi connectivity index (χ1n) is 5.59. The Morgan fingerprint density at radius 3 is 2.12 bits per heavy atom. The lowest BCUT2D eigenvalue weighted by atomic mass is 9.96. The highest BCUT2D eigenvalue weighted by molar-refractivity contribution is 5.24. The fourth-order valence-corrected chi connectivity index (χ4v) is 1.83. The van der Waals surface area contributed by atoms with Crippen molar-refractivity contribution in [2.75, 3.05) is 0 Å². The Morgan fingerprint density at radius 2 is 1.69 bits per heavy atom. The molecule has 1 aromatic rings. The summed E-state index contributed by atoms with van der Waals surface area (Å²) in [7, 11) is 0. The van der Waals surface area contributed by atoms with Gasteiger partial charge in [0.1, 0.15) is 0 Å². The van der Waals surface area contributed by atoms with E-state index in [-0.39, 0.29) is 0 Å². The Kier molecular flexibility index (Phi) is 4.39. The van der Waals surface area contributed by atoms with Gasteiger partial charge < -0.3 is 0 Å². The molecule has 16 heavy (non-hydrogen) atoms. The van der Waals surface area contributed by atoms with Gasteiger partial charge in [0.15, 0.2) is 0 Å². The van der Waals surface area contributed by atoms with Crippen LogP contribution in [0.25, 0.3) is 0 Å². The maximum atomic E-state index is 12.3. The average Bonchev–Trinajstić information content (AvgIpc) is 2.17. The number of benzene rings is 1. The quantitative estimate of drug-likeness (QED) is 0.704. The number of halogens is 3. The van der Waals surface area contributed by atoms with Gasteiger partial charge in [-0.15, -0.1) is 0 Å². The summed E-state index contributed by atoms with van der Waals surface area (Å²) in [4.78, 5) is 0. The molecule has 0 heterocycles. The van der Waals surface area contributed by atoms with E-state index in [2.05, 4.69) is 13.8 Å². The van der Waals surface area contributed by atoms with Crippen LogP contribution in [0, 0.1) is 5.92 Å². The van der Waals surface area contributed by atoms with Gasteiger partial charge in [-0.1, -0.05) is 38.8 Å². The Labute approximate surface area is 94.5 Å². The molecule has 0 amide bonds. The van der Waals surface area contributed by atoms with E-state index in [1.807, 2.05) is 0 Å². The van der Waals surface area contributed by atoms with E-state index in [0.717, 1.165) is 37.0 Å². The minimum Gasteiger partial charge on any atom is -0.166 e. The van der Waals surface area contributed by atoms with Gasteiger partial charge in [0.2, 0.25) is 0 Å². The lowest BCUT2D eigenvalue weighted by molar-refractivity contribution is -0.137. The van der Waals surface area contributed by atoms with Crippen LogP contribution in [0.4, 0.5) is 13.2 Å². The maximum Gasteiger partial charge on any atom is 0.416 e. The minimum atomic E-state index is -4.23. The smallest absolute Gasteiger partial charge is 0.166 e. The van der Waals surface area contributed by atoms with E-state index in [0.29, 0.717) is 5.92 Å². The predicted octanol–water partition coefficient (Wildman–Crippen LogP) is 4.68. The summed E-state index contributed by atoms with van der Waals surface area (Å²) < 4.78 is 36.9. The summed E-state index contributed by atoms with van der Waals surface area (Å²) in [6, 6.07) is 5.48. The molecule has 0 N–H and O–H groups in total. The predicted molar refractivity (Wildman–Crippen MR) is 59.2 cm³/mol. The van der Waals surface area contributed by atoms with Gasteiger partial charge in [0.25, 0.3) is 0 Å². The number of hydrogen-bond donors (Lipinski definition) is 0. The SMILES string of the molecule is CCCC(C)Cc1ccc(C(F)(F)F)cc1. The second-order valence-electron chi connectivity index (χ2n) is 4.29. The van der Waals surface area contributed by atoms with Gasteiger partial charge in [0.05, 0.1) is 5.56 Å². The van der Waals surface area contributed by atoms with Crippen molar-refractivity contribution in [2.24, 2.45) is 5.92 Å². The second-order valence-corrected chi connectivity index (χ2v) is 4.29. The first-order chi connectivity index (χ1) is 7.43. The summed E-state index contributed by atoms with van der Waals surface area (Å²) >= 11 is 0. The molecule has 0 saturated carbocycles. The van der Waals surface area contributed by atoms with E-state index < -0.39 is 11.7 Å². The van der Waals surface area contributed by atoms with Crippen molar-refractivity contribution in [2.45, 2.75) is 39.3 Å². The first-order valence-corrected chi connectivity index (χ1v) is 5.59. The summed E-state index contributed by atoms with van der Waals surface area (Å²) in [6.07, 6.45) is -1.15. The molecule has 0 radical (unpaired) electrons. The van der Waals surface area contributed by atoms with Crippen LogP contribution in [0.1, 0.15) is 37.8 Å². The molecule has 3 heteroatoms. The second kappa shape index (κ2) is 5.37. The zero-order valence-corrected chi connectivity index (χ0v) is 9.64. The number of hydrogen-bond acceptors (Lipinski definition) is 0. The van der Waals surface area contributed by atoms with Crippen molar-refractivity contribution in [1.29, 1.82) is 0 Å². The molecule has 0 nitrogen and oxygen atoms in total. The molecular formula is C13H17F3. The fourth-order valence-electron chi connectivity index (χ4n) is 1.83. The molecule has 1 unspecified atom stereocenters. The van der Waals surface area contributed by atoms with Crippen LogP contribution in [0.15, 0.2) is 24.3 Å². The maximum absolute atomic E-state index is 12.3. The highest BCUT2D eigenvalue weighted by Gasteiger charge is 2.29. The van der Waals surface area contributed by atoms with Crippen molar-refractivity contribution < 1.29 is 13.2 Å². The average molecular weight is 230 g/mol. The molecule has 1 aromatic carbocycles. The van der Waals surface area contributed by atoms with Crippen molar-refractivity contribution in [1.82, 2.24) is 0 Å². The minimum absolute atomic E-state index is 0.529. The Bertz CT molecular complexity index is 311. The highest BCUT2D eigenvalue weighted by atomic mass is 19.4. The molecule has 1 atom stereocenters. The van der Waals surface area contributed by atoms with Gasteiger partial charge in [-0.3, -0.25) is 0 Å². The number of alkyl halides is 3. The molecule has 0 fully saturated rings. The molecule has 0 aliphatic heterocycles. The Balaban J connectivity index is 2.65. The van der Waals surface area contributed by atoms with E-state index in [1.54, 1.807) is 12.1 Å². The monoisotopic (exact) mass is 230 g/mol. The standard InChI is InChI=1S/C13H17F3/c1-3-4-10(2)9-11-5-7-12(8-6-11)13(14,15)16/h5-8,10H,3-4,9H2,1-2H3. The summed E-state index contributed by atoms with van der Waals surface area (Å²) in [5.74, 6) is 0.529. The van der Waals surface area contributed by atoms with Crippen LogP contribution < -0.4 is 0 Å². The topological polar surface area (TPSA) is 0 Å². The summed E-state index contributed by atoms with van der Waals surface area (Å²) in [5.41, 5.74) is 0.411. The van der Waals surface area contributed by atoms with Gasteiger partial charge in [-0.25, -0.2) is 0 Å². The van der Waals surface area contributed by atoms with Gasteiger partial charge >= 0.3 is 6.18 Å². The van der Waals surface area contributed by atoms with Gasteiger partial charge in [0, 0.05) is 0 Å². The third kappa shape index (κ3) is 3.87. The molecule has 0 bridgehead atoms. The van der Waals surface area contributed by atoms with Crippen molar-refractivity contribution >= 4 is 0 Å². The normalized spacial score (nSPS) is 13.8. The highest BCUT2D eigenvalue weighted by Crippen LogP contribution is 2.29. The van der Waals surface area contributed by atoms with Crippen LogP contribution in [0.2, 0.25) is 0 Å². The van der Waals surface area contributed by atoms with Crippen LogP contribution in [-0.4, -0.2) is 0 Å². The molecule has 90 valence electrons. The van der Waals surface area contributed by atoms with E-state index in [4.69, 9.17) is 0 Å². The number of rotatable bonds is 4. The molecule has 0 saturated heterocycles. The van der Waals surface area contributed by atoms with Crippen molar-refractivity contribution in [3.8, 4) is 0 Å². The third-order valence-electron chi connectivity index (χ3n) is 2.65. The molecule has 0 aliphatic rings. The zero-order chi connectivity index (χ0) is 12.2. The Morgan fingerprint density at radius 1 is 1.12 bits per heavy atom. The van der Waals surface area contributed by atoms with Crippen LogP contribution in [0.5, 0.6) is 0 Å². The van der Waals surface area contributed by atoms with Crippen LogP contribution >= 0.6 is 0 Å². The molecule has 0 spiro atoms. The van der Waals surface area contributed by atoms with E-state index in [1.165, 1.54) is 0 Å². The molecule has 0 aliphatic carbocycles. The largest absolute Gasteiger partial charge is 0.416 e. The Hall–Kier alpha value is -0.990. The van der Waals surface area contributed by atoms with Gasteiger partial charge in [-0.2, -0.15) is 13.2 Å². The lowest BCUT2D eigenvalue weighted by Gasteiger charge is -2.11. The van der Waals surface area contributed by atoms with Crippen LogP contribution in [-0.2, 0) is 12.6 Å². The summed E-state index contributed by atoms with van der Waals surface area (Å²) in [5, 5.41) is 0. The van der Waals surface area contributed by atoms with Crippen molar-refractivity contribution in [3.05, 3.63) is 35.4 Å². The molecule has 1 rings (SSSR count). The molecular weight excluding hydrogens is 213 g/mol. The lowest BCUT2D eigenvalue weighted by Crippen LogP contribution is -2.05. The zero-order valence-electron chi connectivity index (χ0n) is 9.64. The van der Waals surface area contributed by atoms with Crippen LogP contribution in [0.3, 0.4) is 0 Å².